The van der Waals surface area contributed by atoms with Crippen molar-refractivity contribution in [3.05, 3.63) is 52.0 Å². The highest BCUT2D eigenvalue weighted by atomic mass is 32.2. The second-order valence-corrected chi connectivity index (χ2v) is 9.29. The van der Waals surface area contributed by atoms with E-state index < -0.39 is 39.4 Å². The van der Waals surface area contributed by atoms with Gasteiger partial charge in [-0.2, -0.15) is 4.31 Å². The highest BCUT2D eigenvalue weighted by Crippen LogP contribution is 2.28. The maximum atomic E-state index is 13.9. The molecule has 0 unspecified atom stereocenters. The highest BCUT2D eigenvalue weighted by molar-refractivity contribution is 7.89. The fraction of sp³-hybridized carbons (Fsp3) is 0.333. The number of esters is 1. The van der Waals surface area contributed by atoms with Crippen LogP contribution in [0.5, 0.6) is 0 Å². The van der Waals surface area contributed by atoms with E-state index in [9.17, 15) is 22.4 Å². The largest absolute Gasteiger partial charge is 0.456 e. The van der Waals surface area contributed by atoms with Gasteiger partial charge in [-0.05, 0) is 44.0 Å². The minimum Gasteiger partial charge on any atom is -0.456 e. The van der Waals surface area contributed by atoms with Crippen LogP contribution in [0.2, 0.25) is 0 Å². The van der Waals surface area contributed by atoms with Crippen LogP contribution >= 0.6 is 11.3 Å². The zero-order valence-electron chi connectivity index (χ0n) is 14.6. The summed E-state index contributed by atoms with van der Waals surface area (Å²) in [5, 5.41) is 0. The van der Waals surface area contributed by atoms with Crippen molar-refractivity contribution in [3.63, 3.8) is 0 Å². The molecular formula is C18H18FNO5S2. The van der Waals surface area contributed by atoms with E-state index in [0.29, 0.717) is 11.3 Å². The number of ether oxygens (including phenoxy) is 1. The molecule has 1 fully saturated rings. The monoisotopic (exact) mass is 411 g/mol. The first-order valence-electron chi connectivity index (χ1n) is 8.33. The topological polar surface area (TPSA) is 80.8 Å². The average molecular weight is 411 g/mol. The molecule has 144 valence electrons. The SMILES string of the molecule is Cc1ccc(C(=O)COC(=O)[C@@H]2CCCN2S(=O)(=O)c2ccccc2F)s1. The summed E-state index contributed by atoms with van der Waals surface area (Å²) in [6, 6.07) is 7.40. The molecule has 1 atom stereocenters. The minimum absolute atomic E-state index is 0.0918. The van der Waals surface area contributed by atoms with E-state index in [1.807, 2.05) is 6.92 Å². The lowest BCUT2D eigenvalue weighted by Gasteiger charge is -2.22. The van der Waals surface area contributed by atoms with Crippen molar-refractivity contribution in [2.75, 3.05) is 13.2 Å². The van der Waals surface area contributed by atoms with Gasteiger partial charge in [0.05, 0.1) is 4.88 Å². The average Bonchev–Trinajstić information content (AvgIpc) is 3.29. The van der Waals surface area contributed by atoms with Gasteiger partial charge in [0.25, 0.3) is 0 Å². The van der Waals surface area contributed by atoms with Gasteiger partial charge >= 0.3 is 5.97 Å². The fourth-order valence-electron chi connectivity index (χ4n) is 2.93. The van der Waals surface area contributed by atoms with Gasteiger partial charge in [0.1, 0.15) is 16.8 Å². The molecule has 0 spiro atoms. The first-order chi connectivity index (χ1) is 12.8. The van der Waals surface area contributed by atoms with Gasteiger partial charge in [0.2, 0.25) is 15.8 Å². The van der Waals surface area contributed by atoms with Crippen LogP contribution in [0.3, 0.4) is 0 Å². The Morgan fingerprint density at radius 1 is 1.26 bits per heavy atom. The number of sulfonamides is 1. The molecule has 0 saturated carbocycles. The number of hydrogen-bond donors (Lipinski definition) is 0. The molecule has 9 heteroatoms. The van der Waals surface area contributed by atoms with E-state index in [0.717, 1.165) is 21.3 Å². The van der Waals surface area contributed by atoms with Gasteiger partial charge in [0.15, 0.2) is 6.61 Å². The molecule has 1 saturated heterocycles. The summed E-state index contributed by atoms with van der Waals surface area (Å²) in [5.41, 5.74) is 0. The van der Waals surface area contributed by atoms with Crippen molar-refractivity contribution in [1.82, 2.24) is 4.31 Å². The quantitative estimate of drug-likeness (QED) is 0.539. The number of carbonyl (C=O) groups excluding carboxylic acids is 2. The van der Waals surface area contributed by atoms with Crippen LogP contribution < -0.4 is 0 Å². The number of benzene rings is 1. The smallest absolute Gasteiger partial charge is 0.324 e. The van der Waals surface area contributed by atoms with Crippen molar-refractivity contribution < 1.29 is 27.1 Å². The zero-order chi connectivity index (χ0) is 19.6. The Morgan fingerprint density at radius 2 is 2.00 bits per heavy atom. The van der Waals surface area contributed by atoms with Crippen molar-refractivity contribution in [2.24, 2.45) is 0 Å². The number of ketones is 1. The third kappa shape index (κ3) is 4.10. The Morgan fingerprint density at radius 3 is 2.67 bits per heavy atom. The summed E-state index contributed by atoms with van der Waals surface area (Å²) in [7, 11) is -4.18. The summed E-state index contributed by atoms with van der Waals surface area (Å²) in [5.74, 6) is -2.02. The fourth-order valence-corrected chi connectivity index (χ4v) is 5.44. The van der Waals surface area contributed by atoms with Crippen LogP contribution in [-0.4, -0.2) is 43.7 Å². The second kappa shape index (κ2) is 7.87. The lowest BCUT2D eigenvalue weighted by Crippen LogP contribution is -2.42. The molecule has 3 rings (SSSR count). The molecule has 0 bridgehead atoms. The molecule has 1 aliphatic rings. The van der Waals surface area contributed by atoms with Crippen molar-refractivity contribution in [3.8, 4) is 0 Å². The van der Waals surface area contributed by atoms with E-state index in [1.54, 1.807) is 12.1 Å². The summed E-state index contributed by atoms with van der Waals surface area (Å²) < 4.78 is 45.4. The first kappa shape index (κ1) is 19.7. The first-order valence-corrected chi connectivity index (χ1v) is 10.6. The second-order valence-electron chi connectivity index (χ2n) is 6.15. The Labute approximate surface area is 160 Å². The Hall–Kier alpha value is -2.10. The Bertz CT molecular complexity index is 970. The molecule has 1 aromatic carbocycles. The van der Waals surface area contributed by atoms with Crippen LogP contribution in [0.1, 0.15) is 27.4 Å². The molecule has 0 amide bonds. The van der Waals surface area contributed by atoms with E-state index >= 15 is 0 Å². The normalized spacial score (nSPS) is 17.8. The third-order valence-electron chi connectivity index (χ3n) is 4.26. The summed E-state index contributed by atoms with van der Waals surface area (Å²) in [4.78, 5) is 25.4. The van der Waals surface area contributed by atoms with Crippen molar-refractivity contribution in [1.29, 1.82) is 0 Å². The number of thiophene rings is 1. The molecule has 2 heterocycles. The maximum Gasteiger partial charge on any atom is 0.324 e. The lowest BCUT2D eigenvalue weighted by molar-refractivity contribution is -0.146. The minimum atomic E-state index is -4.18. The highest BCUT2D eigenvalue weighted by Gasteiger charge is 2.41. The molecule has 2 aromatic rings. The number of carbonyl (C=O) groups is 2. The summed E-state index contributed by atoms with van der Waals surface area (Å²) in [6.45, 7) is 1.49. The lowest BCUT2D eigenvalue weighted by atomic mass is 10.2. The molecule has 27 heavy (non-hydrogen) atoms. The number of halogens is 1. The molecule has 0 N–H and O–H groups in total. The predicted octanol–water partition coefficient (Wildman–Crippen LogP) is 2.77. The van der Waals surface area contributed by atoms with E-state index in [-0.39, 0.29) is 18.7 Å². The van der Waals surface area contributed by atoms with Crippen LogP contribution in [0.15, 0.2) is 41.3 Å². The van der Waals surface area contributed by atoms with Gasteiger partial charge < -0.3 is 4.74 Å². The third-order valence-corrected chi connectivity index (χ3v) is 7.24. The molecule has 1 aliphatic heterocycles. The van der Waals surface area contributed by atoms with Crippen LogP contribution in [0.4, 0.5) is 4.39 Å². The number of nitrogens with zero attached hydrogens (tertiary/aromatic N) is 1. The Balaban J connectivity index is 1.71. The van der Waals surface area contributed by atoms with Gasteiger partial charge in [0, 0.05) is 11.4 Å². The number of aryl methyl sites for hydroxylation is 1. The standard InChI is InChI=1S/C18H18FNO5S2/c1-12-8-9-16(26-12)15(21)11-25-18(22)14-6-4-10-20(14)27(23,24)17-7-3-2-5-13(17)19/h2-3,5,7-9,14H,4,6,10-11H2,1H3/t14-/m0/s1. The summed E-state index contributed by atoms with van der Waals surface area (Å²) in [6.07, 6.45) is 0.713. The molecular weight excluding hydrogens is 393 g/mol. The maximum absolute atomic E-state index is 13.9. The van der Waals surface area contributed by atoms with Crippen LogP contribution in [-0.2, 0) is 19.6 Å². The van der Waals surface area contributed by atoms with Crippen LogP contribution in [0, 0.1) is 12.7 Å². The van der Waals surface area contributed by atoms with E-state index in [4.69, 9.17) is 4.74 Å². The van der Waals surface area contributed by atoms with Gasteiger partial charge in [-0.15, -0.1) is 11.3 Å². The predicted molar refractivity (Wildman–Crippen MR) is 97.7 cm³/mol. The summed E-state index contributed by atoms with van der Waals surface area (Å²) >= 11 is 1.29. The van der Waals surface area contributed by atoms with E-state index in [2.05, 4.69) is 0 Å². The zero-order valence-corrected chi connectivity index (χ0v) is 16.2. The van der Waals surface area contributed by atoms with Gasteiger partial charge in [-0.3, -0.25) is 9.59 Å². The molecule has 6 nitrogen and oxygen atoms in total. The van der Waals surface area contributed by atoms with E-state index in [1.165, 1.54) is 23.5 Å². The molecule has 0 radical (unpaired) electrons. The molecule has 1 aromatic heterocycles. The van der Waals surface area contributed by atoms with Crippen molar-refractivity contribution in [2.45, 2.75) is 30.7 Å². The number of rotatable bonds is 6. The van der Waals surface area contributed by atoms with Crippen molar-refractivity contribution >= 4 is 33.1 Å². The van der Waals surface area contributed by atoms with Crippen LogP contribution in [0.25, 0.3) is 0 Å². The van der Waals surface area contributed by atoms with Gasteiger partial charge in [-0.1, -0.05) is 12.1 Å². The number of hydrogen-bond acceptors (Lipinski definition) is 6. The van der Waals surface area contributed by atoms with Gasteiger partial charge in [-0.25, -0.2) is 12.8 Å². The number of Topliss-reactive ketones (excluding diaryl/α,β-unsaturated/α-hetero) is 1. The molecule has 0 aliphatic carbocycles. The Kier molecular flexibility index (Phi) is 5.73.